The van der Waals surface area contributed by atoms with Crippen molar-refractivity contribution in [1.82, 2.24) is 10.3 Å². The van der Waals surface area contributed by atoms with E-state index >= 15 is 0 Å². The van der Waals surface area contributed by atoms with E-state index < -0.39 is 0 Å². The number of pyridine rings is 1. The normalized spacial score (nSPS) is 14.7. The molecule has 108 valence electrons. The minimum Gasteiger partial charge on any atom is -0.310 e. The van der Waals surface area contributed by atoms with Crippen LogP contribution in [0.4, 0.5) is 0 Å². The molecule has 1 aromatic rings. The summed E-state index contributed by atoms with van der Waals surface area (Å²) in [5, 5.41) is 4.20. The lowest BCUT2D eigenvalue weighted by molar-refractivity contribution is 0.442. The molecule has 1 aromatic heterocycles. The van der Waals surface area contributed by atoms with Crippen LogP contribution < -0.4 is 5.32 Å². The number of nitrogens with zero attached hydrogens (tertiary/aromatic N) is 1. The molecule has 0 aliphatic carbocycles. The van der Waals surface area contributed by atoms with Crippen molar-refractivity contribution in [2.75, 3.05) is 6.54 Å². The molecule has 0 aromatic carbocycles. The molecule has 0 saturated heterocycles. The standard InChI is InChI=1S/C16H27ClN2/c1-6-7-12(4)9-18-13(5)15-10-19-16(17)8-14(15)11(2)3/h8,10-13,18H,6-7,9H2,1-5H3. The lowest BCUT2D eigenvalue weighted by Crippen LogP contribution is -2.25. The zero-order valence-electron chi connectivity index (χ0n) is 12.8. The van der Waals surface area contributed by atoms with Crippen LogP contribution in [-0.4, -0.2) is 11.5 Å². The van der Waals surface area contributed by atoms with Crippen LogP contribution >= 0.6 is 11.6 Å². The fourth-order valence-corrected chi connectivity index (χ4v) is 2.57. The molecule has 1 heterocycles. The van der Waals surface area contributed by atoms with E-state index in [0.29, 0.717) is 17.1 Å². The molecule has 0 fully saturated rings. The van der Waals surface area contributed by atoms with Gasteiger partial charge in [0.15, 0.2) is 0 Å². The second-order valence-corrected chi connectivity index (χ2v) is 6.20. The predicted octanol–water partition coefficient (Wildman–Crippen LogP) is 4.95. The van der Waals surface area contributed by atoms with E-state index in [0.717, 1.165) is 12.5 Å². The average Bonchev–Trinajstić information content (AvgIpc) is 2.36. The van der Waals surface area contributed by atoms with E-state index in [4.69, 9.17) is 11.6 Å². The molecule has 0 bridgehead atoms. The van der Waals surface area contributed by atoms with Crippen LogP contribution in [0.5, 0.6) is 0 Å². The third-order valence-electron chi connectivity index (χ3n) is 3.58. The zero-order chi connectivity index (χ0) is 14.4. The van der Waals surface area contributed by atoms with Gasteiger partial charge in [-0.2, -0.15) is 0 Å². The Morgan fingerprint density at radius 3 is 2.47 bits per heavy atom. The Morgan fingerprint density at radius 1 is 1.21 bits per heavy atom. The monoisotopic (exact) mass is 282 g/mol. The third-order valence-corrected chi connectivity index (χ3v) is 3.78. The van der Waals surface area contributed by atoms with E-state index in [1.807, 2.05) is 12.3 Å². The molecule has 2 unspecified atom stereocenters. The maximum atomic E-state index is 6.00. The van der Waals surface area contributed by atoms with Crippen LogP contribution in [-0.2, 0) is 0 Å². The molecule has 0 saturated carbocycles. The molecule has 0 aliphatic heterocycles. The van der Waals surface area contributed by atoms with Crippen LogP contribution in [0.15, 0.2) is 12.3 Å². The van der Waals surface area contributed by atoms with Gasteiger partial charge in [0.1, 0.15) is 5.15 Å². The van der Waals surface area contributed by atoms with E-state index in [1.165, 1.54) is 24.0 Å². The Bertz CT molecular complexity index is 390. The van der Waals surface area contributed by atoms with Crippen molar-refractivity contribution in [2.24, 2.45) is 5.92 Å². The molecule has 2 atom stereocenters. The average molecular weight is 283 g/mol. The molecule has 1 rings (SSSR count). The summed E-state index contributed by atoms with van der Waals surface area (Å²) >= 11 is 6.00. The first-order chi connectivity index (χ1) is 8.95. The molecule has 3 heteroatoms. The van der Waals surface area contributed by atoms with Crippen molar-refractivity contribution >= 4 is 11.6 Å². The van der Waals surface area contributed by atoms with Crippen LogP contribution in [0, 0.1) is 5.92 Å². The van der Waals surface area contributed by atoms with Crippen molar-refractivity contribution in [1.29, 1.82) is 0 Å². The smallest absolute Gasteiger partial charge is 0.129 e. The summed E-state index contributed by atoms with van der Waals surface area (Å²) in [6, 6.07) is 2.32. The van der Waals surface area contributed by atoms with Gasteiger partial charge in [0.2, 0.25) is 0 Å². The molecule has 0 radical (unpaired) electrons. The highest BCUT2D eigenvalue weighted by Crippen LogP contribution is 2.26. The van der Waals surface area contributed by atoms with Gasteiger partial charge in [-0.15, -0.1) is 0 Å². The highest BCUT2D eigenvalue weighted by molar-refractivity contribution is 6.29. The molecule has 1 N–H and O–H groups in total. The maximum absolute atomic E-state index is 6.00. The Balaban J connectivity index is 2.73. The van der Waals surface area contributed by atoms with Gasteiger partial charge in [0, 0.05) is 12.2 Å². The Morgan fingerprint density at radius 2 is 1.89 bits per heavy atom. The van der Waals surface area contributed by atoms with Gasteiger partial charge in [-0.1, -0.05) is 45.7 Å². The number of hydrogen-bond donors (Lipinski definition) is 1. The van der Waals surface area contributed by atoms with Crippen LogP contribution in [0.2, 0.25) is 5.15 Å². The SMILES string of the molecule is CCCC(C)CNC(C)c1cnc(Cl)cc1C(C)C. The summed E-state index contributed by atoms with van der Waals surface area (Å²) in [6.45, 7) is 12.2. The number of hydrogen-bond acceptors (Lipinski definition) is 2. The lowest BCUT2D eigenvalue weighted by Gasteiger charge is -2.21. The lowest BCUT2D eigenvalue weighted by atomic mass is 9.95. The second-order valence-electron chi connectivity index (χ2n) is 5.81. The number of aromatic nitrogens is 1. The van der Waals surface area contributed by atoms with Crippen LogP contribution in [0.1, 0.15) is 70.5 Å². The molecular formula is C16H27ClN2. The predicted molar refractivity (Wildman–Crippen MR) is 83.8 cm³/mol. The summed E-state index contributed by atoms with van der Waals surface area (Å²) in [6.07, 6.45) is 4.44. The van der Waals surface area contributed by atoms with E-state index in [2.05, 4.69) is 44.9 Å². The number of nitrogens with one attached hydrogen (secondary N) is 1. The summed E-state index contributed by atoms with van der Waals surface area (Å²) in [5.41, 5.74) is 2.56. The fourth-order valence-electron chi connectivity index (χ4n) is 2.40. The van der Waals surface area contributed by atoms with E-state index in [9.17, 15) is 0 Å². The highest BCUT2D eigenvalue weighted by Gasteiger charge is 2.14. The molecular weight excluding hydrogens is 256 g/mol. The number of halogens is 1. The van der Waals surface area contributed by atoms with E-state index in [-0.39, 0.29) is 0 Å². The largest absolute Gasteiger partial charge is 0.310 e. The van der Waals surface area contributed by atoms with Gasteiger partial charge < -0.3 is 5.32 Å². The first kappa shape index (κ1) is 16.5. The van der Waals surface area contributed by atoms with Crippen molar-refractivity contribution < 1.29 is 0 Å². The van der Waals surface area contributed by atoms with Gasteiger partial charge in [-0.25, -0.2) is 4.98 Å². The minimum absolute atomic E-state index is 0.321. The Hall–Kier alpha value is -0.600. The quantitative estimate of drug-likeness (QED) is 0.716. The zero-order valence-corrected chi connectivity index (χ0v) is 13.6. The molecule has 0 spiro atoms. The number of rotatable bonds is 7. The Labute approximate surface area is 123 Å². The first-order valence-corrected chi connectivity index (χ1v) is 7.72. The van der Waals surface area contributed by atoms with Crippen molar-refractivity contribution in [3.8, 4) is 0 Å². The van der Waals surface area contributed by atoms with Gasteiger partial charge in [-0.3, -0.25) is 0 Å². The first-order valence-electron chi connectivity index (χ1n) is 7.34. The maximum Gasteiger partial charge on any atom is 0.129 e. The van der Waals surface area contributed by atoms with Crippen LogP contribution in [0.3, 0.4) is 0 Å². The summed E-state index contributed by atoms with van der Waals surface area (Å²) in [7, 11) is 0. The minimum atomic E-state index is 0.321. The van der Waals surface area contributed by atoms with E-state index in [1.54, 1.807) is 0 Å². The summed E-state index contributed by atoms with van der Waals surface area (Å²) in [4.78, 5) is 4.23. The Kier molecular flexibility index (Phi) is 6.81. The van der Waals surface area contributed by atoms with Gasteiger partial charge in [-0.05, 0) is 48.9 Å². The third kappa shape index (κ3) is 5.12. The van der Waals surface area contributed by atoms with Gasteiger partial charge >= 0.3 is 0 Å². The van der Waals surface area contributed by atoms with Crippen molar-refractivity contribution in [3.63, 3.8) is 0 Å². The summed E-state index contributed by atoms with van der Waals surface area (Å²) in [5.74, 6) is 1.18. The van der Waals surface area contributed by atoms with Crippen molar-refractivity contribution in [3.05, 3.63) is 28.5 Å². The van der Waals surface area contributed by atoms with Gasteiger partial charge in [0.25, 0.3) is 0 Å². The fraction of sp³-hybridized carbons (Fsp3) is 0.688. The molecule has 0 amide bonds. The topological polar surface area (TPSA) is 24.9 Å². The summed E-state index contributed by atoms with van der Waals surface area (Å²) < 4.78 is 0. The van der Waals surface area contributed by atoms with Crippen LogP contribution in [0.25, 0.3) is 0 Å². The molecule has 2 nitrogen and oxygen atoms in total. The highest BCUT2D eigenvalue weighted by atomic mass is 35.5. The molecule has 0 aliphatic rings. The molecule has 19 heavy (non-hydrogen) atoms. The second kappa shape index (κ2) is 7.86. The van der Waals surface area contributed by atoms with Gasteiger partial charge in [0.05, 0.1) is 0 Å². The van der Waals surface area contributed by atoms with Crippen molar-refractivity contribution in [2.45, 2.75) is 59.4 Å².